The van der Waals surface area contributed by atoms with E-state index in [1.807, 2.05) is 31.8 Å². The lowest BCUT2D eigenvalue weighted by Crippen LogP contribution is -2.61. The molecule has 18 heavy (non-hydrogen) atoms. The highest BCUT2D eigenvalue weighted by molar-refractivity contribution is 5.68. The predicted molar refractivity (Wildman–Crippen MR) is 65.2 cm³/mol. The summed E-state index contributed by atoms with van der Waals surface area (Å²) in [6.07, 6.45) is 2.02. The van der Waals surface area contributed by atoms with Crippen LogP contribution >= 0.6 is 0 Å². The van der Waals surface area contributed by atoms with Crippen LogP contribution in [0.5, 0.6) is 0 Å². The van der Waals surface area contributed by atoms with E-state index >= 15 is 0 Å². The van der Waals surface area contributed by atoms with Crippen LogP contribution in [0.2, 0.25) is 0 Å². The second kappa shape index (κ2) is 4.70. The number of rotatable bonds is 5. The number of carboxylic acids is 1. The van der Waals surface area contributed by atoms with Crippen LogP contribution in [0.3, 0.4) is 0 Å². The minimum atomic E-state index is -0.919. The lowest BCUT2D eigenvalue weighted by molar-refractivity contribution is -0.165. The molecule has 0 amide bonds. The Morgan fingerprint density at radius 3 is 2.78 bits per heavy atom. The molecule has 6 nitrogen and oxygen atoms in total. The van der Waals surface area contributed by atoms with Crippen molar-refractivity contribution in [2.75, 3.05) is 19.7 Å². The average molecular weight is 253 g/mol. The molecule has 0 radical (unpaired) electrons. The van der Waals surface area contributed by atoms with Gasteiger partial charge in [-0.05, 0) is 13.8 Å². The molecule has 1 fully saturated rings. The molecule has 0 atom stereocenters. The van der Waals surface area contributed by atoms with Gasteiger partial charge in [0.2, 0.25) is 0 Å². The standard InChI is InChI=1S/C12H19N3O3/c1-9-10(4-14(3)13-9)5-15-7-12(2,8-15)18-6-11(16)17/h4H,5-8H2,1-3H3,(H,16,17). The van der Waals surface area contributed by atoms with E-state index in [-0.39, 0.29) is 12.2 Å². The van der Waals surface area contributed by atoms with Crippen LogP contribution in [-0.2, 0) is 23.1 Å². The number of ether oxygens (including phenoxy) is 1. The van der Waals surface area contributed by atoms with Crippen LogP contribution in [0.25, 0.3) is 0 Å². The summed E-state index contributed by atoms with van der Waals surface area (Å²) >= 11 is 0. The molecule has 2 heterocycles. The van der Waals surface area contributed by atoms with Gasteiger partial charge >= 0.3 is 5.97 Å². The Bertz CT molecular complexity index is 449. The highest BCUT2D eigenvalue weighted by atomic mass is 16.5. The predicted octanol–water partition coefficient (Wildman–Crippen LogP) is 0.404. The highest BCUT2D eigenvalue weighted by Crippen LogP contribution is 2.26. The Hall–Kier alpha value is -1.40. The van der Waals surface area contributed by atoms with Crippen molar-refractivity contribution in [1.29, 1.82) is 0 Å². The molecule has 0 aliphatic carbocycles. The summed E-state index contributed by atoms with van der Waals surface area (Å²) in [5.74, 6) is -0.919. The number of carbonyl (C=O) groups is 1. The fourth-order valence-corrected chi connectivity index (χ4v) is 2.38. The van der Waals surface area contributed by atoms with Crippen LogP contribution in [0, 0.1) is 6.92 Å². The zero-order chi connectivity index (χ0) is 13.3. The largest absolute Gasteiger partial charge is 0.480 e. The molecule has 100 valence electrons. The van der Waals surface area contributed by atoms with E-state index < -0.39 is 5.97 Å². The monoisotopic (exact) mass is 253 g/mol. The van der Waals surface area contributed by atoms with Gasteiger partial charge in [-0.2, -0.15) is 5.10 Å². The molecular weight excluding hydrogens is 234 g/mol. The molecule has 6 heteroatoms. The number of likely N-dealkylation sites (tertiary alicyclic amines) is 1. The minimum Gasteiger partial charge on any atom is -0.480 e. The van der Waals surface area contributed by atoms with Crippen molar-refractivity contribution in [1.82, 2.24) is 14.7 Å². The molecule has 1 aromatic rings. The van der Waals surface area contributed by atoms with Crippen molar-refractivity contribution < 1.29 is 14.6 Å². The van der Waals surface area contributed by atoms with Gasteiger partial charge in [-0.3, -0.25) is 9.58 Å². The van der Waals surface area contributed by atoms with Gasteiger partial charge in [-0.25, -0.2) is 4.79 Å². The Labute approximate surface area is 106 Å². The summed E-state index contributed by atoms with van der Waals surface area (Å²) in [5.41, 5.74) is 1.92. The van der Waals surface area contributed by atoms with Crippen molar-refractivity contribution in [3.63, 3.8) is 0 Å². The SMILES string of the molecule is Cc1nn(C)cc1CN1CC(C)(OCC(=O)O)C1. The van der Waals surface area contributed by atoms with Gasteiger partial charge in [-0.15, -0.1) is 0 Å². The first kappa shape index (κ1) is 13.0. The van der Waals surface area contributed by atoms with Gasteiger partial charge in [0.15, 0.2) is 0 Å². The van der Waals surface area contributed by atoms with Gasteiger partial charge < -0.3 is 9.84 Å². The van der Waals surface area contributed by atoms with E-state index in [0.717, 1.165) is 25.3 Å². The Balaban J connectivity index is 1.82. The number of aryl methyl sites for hydroxylation is 2. The Kier molecular flexibility index (Phi) is 3.41. The molecule has 0 spiro atoms. The van der Waals surface area contributed by atoms with E-state index in [2.05, 4.69) is 10.00 Å². The third-order valence-electron chi connectivity index (χ3n) is 3.17. The quantitative estimate of drug-likeness (QED) is 0.823. The molecular formula is C12H19N3O3. The van der Waals surface area contributed by atoms with Gasteiger partial charge in [0.1, 0.15) is 6.61 Å². The number of aromatic nitrogens is 2. The van der Waals surface area contributed by atoms with E-state index in [0.29, 0.717) is 0 Å². The Morgan fingerprint density at radius 2 is 2.28 bits per heavy atom. The molecule has 1 aliphatic rings. The highest BCUT2D eigenvalue weighted by Gasteiger charge is 2.40. The number of hydrogen-bond acceptors (Lipinski definition) is 4. The fraction of sp³-hybridized carbons (Fsp3) is 0.667. The maximum absolute atomic E-state index is 10.5. The van der Waals surface area contributed by atoms with Crippen molar-refractivity contribution in [3.05, 3.63) is 17.5 Å². The molecule has 1 saturated heterocycles. The zero-order valence-electron chi connectivity index (χ0n) is 11.0. The van der Waals surface area contributed by atoms with Crippen molar-refractivity contribution in [2.45, 2.75) is 26.0 Å². The number of carboxylic acid groups (broad SMARTS) is 1. The van der Waals surface area contributed by atoms with Crippen molar-refractivity contribution >= 4 is 5.97 Å². The van der Waals surface area contributed by atoms with Crippen LogP contribution < -0.4 is 0 Å². The minimum absolute atomic E-state index is 0.226. The number of hydrogen-bond donors (Lipinski definition) is 1. The van der Waals surface area contributed by atoms with E-state index in [1.54, 1.807) is 0 Å². The maximum Gasteiger partial charge on any atom is 0.329 e. The van der Waals surface area contributed by atoms with Gasteiger partial charge in [0, 0.05) is 38.4 Å². The van der Waals surface area contributed by atoms with Gasteiger partial charge in [-0.1, -0.05) is 0 Å². The smallest absolute Gasteiger partial charge is 0.329 e. The van der Waals surface area contributed by atoms with E-state index in [9.17, 15) is 4.79 Å². The molecule has 1 N–H and O–H groups in total. The van der Waals surface area contributed by atoms with Crippen LogP contribution in [0.15, 0.2) is 6.20 Å². The van der Waals surface area contributed by atoms with Crippen molar-refractivity contribution in [3.8, 4) is 0 Å². The summed E-state index contributed by atoms with van der Waals surface area (Å²) < 4.78 is 7.18. The topological polar surface area (TPSA) is 67.6 Å². The van der Waals surface area contributed by atoms with E-state index in [4.69, 9.17) is 9.84 Å². The first-order valence-corrected chi connectivity index (χ1v) is 5.95. The maximum atomic E-state index is 10.5. The second-order valence-corrected chi connectivity index (χ2v) is 5.19. The summed E-state index contributed by atoms with van der Waals surface area (Å²) in [6, 6.07) is 0. The lowest BCUT2D eigenvalue weighted by atomic mass is 9.95. The summed E-state index contributed by atoms with van der Waals surface area (Å²) in [5, 5.41) is 12.9. The first-order valence-electron chi connectivity index (χ1n) is 5.95. The lowest BCUT2D eigenvalue weighted by Gasteiger charge is -2.47. The van der Waals surface area contributed by atoms with Gasteiger partial charge in [0.05, 0.1) is 11.3 Å². The molecule has 0 saturated carbocycles. The number of nitrogens with zero attached hydrogens (tertiary/aromatic N) is 3. The molecule has 1 aromatic heterocycles. The molecule has 0 unspecified atom stereocenters. The summed E-state index contributed by atoms with van der Waals surface area (Å²) in [6.45, 7) is 6.07. The number of aliphatic carboxylic acids is 1. The first-order chi connectivity index (χ1) is 8.38. The van der Waals surface area contributed by atoms with Crippen LogP contribution in [-0.4, -0.2) is 51.1 Å². The molecule has 0 bridgehead atoms. The third kappa shape index (κ3) is 2.88. The van der Waals surface area contributed by atoms with Crippen LogP contribution in [0.1, 0.15) is 18.2 Å². The van der Waals surface area contributed by atoms with Gasteiger partial charge in [0.25, 0.3) is 0 Å². The summed E-state index contributed by atoms with van der Waals surface area (Å²) in [4.78, 5) is 12.7. The third-order valence-corrected chi connectivity index (χ3v) is 3.17. The average Bonchev–Trinajstić information content (AvgIpc) is 2.52. The normalized spacial score (nSPS) is 18.6. The Morgan fingerprint density at radius 1 is 1.61 bits per heavy atom. The second-order valence-electron chi connectivity index (χ2n) is 5.19. The summed E-state index contributed by atoms with van der Waals surface area (Å²) in [7, 11) is 1.91. The van der Waals surface area contributed by atoms with Crippen LogP contribution in [0.4, 0.5) is 0 Å². The molecule has 1 aliphatic heterocycles. The zero-order valence-corrected chi connectivity index (χ0v) is 11.0. The molecule has 2 rings (SSSR count). The fourth-order valence-electron chi connectivity index (χ4n) is 2.38. The van der Waals surface area contributed by atoms with Crippen molar-refractivity contribution in [2.24, 2.45) is 7.05 Å². The molecule has 0 aromatic carbocycles. The van der Waals surface area contributed by atoms with E-state index in [1.165, 1.54) is 5.56 Å².